The molecule has 2 N–H and O–H groups in total. The van der Waals surface area contributed by atoms with Crippen molar-refractivity contribution in [3.63, 3.8) is 0 Å². The van der Waals surface area contributed by atoms with Gasteiger partial charge < -0.3 is 10.6 Å². The fourth-order valence-corrected chi connectivity index (χ4v) is 5.47. The van der Waals surface area contributed by atoms with Crippen molar-refractivity contribution in [2.45, 2.75) is 24.2 Å². The van der Waals surface area contributed by atoms with Crippen molar-refractivity contribution in [1.29, 1.82) is 0 Å². The largest absolute Gasteiger partial charge is 0.360 e. The highest BCUT2D eigenvalue weighted by atomic mass is 32.2. The minimum Gasteiger partial charge on any atom is -0.360 e. The molecule has 0 unspecified atom stereocenters. The number of nitrogens with one attached hydrogen (secondary N) is 2. The highest BCUT2D eigenvalue weighted by Crippen LogP contribution is 2.27. The quantitative estimate of drug-likeness (QED) is 0.369. The molecule has 3 aromatic heterocycles. The zero-order chi connectivity index (χ0) is 19.1. The zero-order valence-corrected chi connectivity index (χ0v) is 17.8. The summed E-state index contributed by atoms with van der Waals surface area (Å²) in [6.45, 7) is 2.74. The summed E-state index contributed by atoms with van der Waals surface area (Å²) in [7, 11) is 0. The number of thiophene rings is 2. The van der Waals surface area contributed by atoms with Crippen molar-refractivity contribution in [1.82, 2.24) is 15.5 Å². The van der Waals surface area contributed by atoms with Crippen LogP contribution in [0.25, 0.3) is 0 Å². The summed E-state index contributed by atoms with van der Waals surface area (Å²) >= 11 is 6.01. The Morgan fingerprint density at radius 1 is 1.15 bits per heavy atom. The molecule has 0 aromatic carbocycles. The summed E-state index contributed by atoms with van der Waals surface area (Å²) in [4.78, 5) is 26.3. The number of anilines is 1. The lowest BCUT2D eigenvalue weighted by Crippen LogP contribution is -2.18. The van der Waals surface area contributed by atoms with Crippen molar-refractivity contribution in [3.8, 4) is 0 Å². The molecule has 3 aromatic rings. The van der Waals surface area contributed by atoms with Gasteiger partial charge in [-0.1, -0.05) is 29.2 Å². The molecule has 0 atom stereocenters. The van der Waals surface area contributed by atoms with Gasteiger partial charge in [-0.25, -0.2) is 0 Å². The fraction of sp³-hybridized carbons (Fsp3) is 0.294. The standard InChI is InChI=1S/C17H18N4O2S4/c1-11(22)19-9-13-4-5-15(26-13)14(23)10-25-17-21-20-16(27-17)18-7-6-12-3-2-8-24-12/h2-5,8H,6-7,9-10H2,1H3,(H,18,20)(H,19,22). The van der Waals surface area contributed by atoms with E-state index in [0.717, 1.165) is 27.3 Å². The van der Waals surface area contributed by atoms with Crippen molar-refractivity contribution in [3.05, 3.63) is 44.3 Å². The first-order chi connectivity index (χ1) is 13.1. The van der Waals surface area contributed by atoms with Crippen molar-refractivity contribution in [2.24, 2.45) is 0 Å². The van der Waals surface area contributed by atoms with Gasteiger partial charge in [0.05, 0.1) is 17.2 Å². The maximum absolute atomic E-state index is 12.3. The average Bonchev–Trinajstić information content (AvgIpc) is 3.40. The van der Waals surface area contributed by atoms with E-state index in [9.17, 15) is 9.59 Å². The third-order valence-electron chi connectivity index (χ3n) is 3.41. The zero-order valence-electron chi connectivity index (χ0n) is 14.6. The van der Waals surface area contributed by atoms with Crippen LogP contribution in [0, 0.1) is 0 Å². The summed E-state index contributed by atoms with van der Waals surface area (Å²) < 4.78 is 0.775. The molecule has 0 saturated carbocycles. The Hall–Kier alpha value is -1.75. The Kier molecular flexibility index (Phi) is 7.39. The average molecular weight is 439 g/mol. The first-order valence-electron chi connectivity index (χ1n) is 8.19. The molecule has 142 valence electrons. The smallest absolute Gasteiger partial charge is 0.217 e. The predicted molar refractivity (Wildman–Crippen MR) is 113 cm³/mol. The Labute approximate surface area is 173 Å². The molecule has 1 amide bonds. The van der Waals surface area contributed by atoms with Crippen LogP contribution in [0.3, 0.4) is 0 Å². The van der Waals surface area contributed by atoms with E-state index in [1.165, 1.54) is 46.2 Å². The van der Waals surface area contributed by atoms with E-state index in [1.54, 1.807) is 11.3 Å². The highest BCUT2D eigenvalue weighted by Gasteiger charge is 2.12. The summed E-state index contributed by atoms with van der Waals surface area (Å²) in [5.41, 5.74) is 0. The third kappa shape index (κ3) is 6.42. The van der Waals surface area contributed by atoms with Gasteiger partial charge in [-0.05, 0) is 30.0 Å². The molecule has 0 saturated heterocycles. The first-order valence-corrected chi connectivity index (χ1v) is 11.7. The number of ketones is 1. The van der Waals surface area contributed by atoms with E-state index in [1.807, 2.05) is 18.2 Å². The summed E-state index contributed by atoms with van der Waals surface area (Å²) in [5.74, 6) is 0.300. The molecule has 0 fully saturated rings. The van der Waals surface area contributed by atoms with Gasteiger partial charge in [-0.2, -0.15) is 0 Å². The number of nitrogens with zero attached hydrogens (tertiary/aromatic N) is 2. The fourth-order valence-electron chi connectivity index (χ4n) is 2.12. The number of thioether (sulfide) groups is 1. The van der Waals surface area contributed by atoms with Crippen LogP contribution < -0.4 is 10.6 Å². The van der Waals surface area contributed by atoms with E-state index in [2.05, 4.69) is 32.3 Å². The molecule has 0 radical (unpaired) electrons. The van der Waals surface area contributed by atoms with Crippen LogP contribution in [0.4, 0.5) is 5.13 Å². The Balaban J connectivity index is 1.42. The number of carbonyl (C=O) groups excluding carboxylic acids is 2. The molecule has 3 heterocycles. The second kappa shape index (κ2) is 9.98. The number of rotatable bonds is 10. The topological polar surface area (TPSA) is 84.0 Å². The van der Waals surface area contributed by atoms with Crippen LogP contribution >= 0.6 is 45.8 Å². The van der Waals surface area contributed by atoms with E-state index in [-0.39, 0.29) is 11.7 Å². The molecule has 0 spiro atoms. The van der Waals surface area contributed by atoms with Gasteiger partial charge in [-0.15, -0.1) is 32.9 Å². The Bertz CT molecular complexity index is 889. The predicted octanol–water partition coefficient (Wildman–Crippen LogP) is 3.93. The second-order valence-electron chi connectivity index (χ2n) is 5.52. The van der Waals surface area contributed by atoms with Gasteiger partial charge in [0, 0.05) is 23.2 Å². The van der Waals surface area contributed by atoms with E-state index in [0.29, 0.717) is 17.2 Å². The number of aromatic nitrogens is 2. The number of hydrogen-bond acceptors (Lipinski definition) is 9. The second-order valence-corrected chi connectivity index (χ2v) is 9.92. The molecular formula is C17H18N4O2S4. The summed E-state index contributed by atoms with van der Waals surface area (Å²) in [5, 5.41) is 17.1. The van der Waals surface area contributed by atoms with E-state index in [4.69, 9.17) is 0 Å². The van der Waals surface area contributed by atoms with Crippen LogP contribution in [-0.4, -0.2) is 34.2 Å². The number of hydrogen-bond donors (Lipinski definition) is 2. The number of amides is 1. The SMILES string of the molecule is CC(=O)NCc1ccc(C(=O)CSc2nnc(NCCc3cccs3)s2)s1. The minimum atomic E-state index is -0.0806. The van der Waals surface area contributed by atoms with Crippen LogP contribution in [0.1, 0.15) is 26.3 Å². The molecule has 27 heavy (non-hydrogen) atoms. The lowest BCUT2D eigenvalue weighted by atomic mass is 10.3. The molecule has 10 heteroatoms. The van der Waals surface area contributed by atoms with Gasteiger partial charge >= 0.3 is 0 Å². The van der Waals surface area contributed by atoms with E-state index < -0.39 is 0 Å². The summed E-state index contributed by atoms with van der Waals surface area (Å²) in [6, 6.07) is 7.85. The third-order valence-corrected chi connectivity index (χ3v) is 7.49. The number of carbonyl (C=O) groups is 2. The lowest BCUT2D eigenvalue weighted by Gasteiger charge is -1.99. The molecule has 0 aliphatic heterocycles. The normalized spacial score (nSPS) is 10.7. The molecule has 3 rings (SSSR count). The van der Waals surface area contributed by atoms with Gasteiger partial charge in [-0.3, -0.25) is 9.59 Å². The maximum atomic E-state index is 12.3. The van der Waals surface area contributed by atoms with Crippen LogP contribution in [0.5, 0.6) is 0 Å². The van der Waals surface area contributed by atoms with Crippen LogP contribution in [0.15, 0.2) is 34.0 Å². The van der Waals surface area contributed by atoms with Gasteiger partial charge in [0.25, 0.3) is 0 Å². The van der Waals surface area contributed by atoms with Crippen molar-refractivity contribution in [2.75, 3.05) is 17.6 Å². The maximum Gasteiger partial charge on any atom is 0.217 e. The Morgan fingerprint density at radius 3 is 2.81 bits per heavy atom. The van der Waals surface area contributed by atoms with Gasteiger partial charge in [0.2, 0.25) is 11.0 Å². The molecule has 6 nitrogen and oxygen atoms in total. The first kappa shape index (κ1) is 20.0. The van der Waals surface area contributed by atoms with Gasteiger partial charge in [0.15, 0.2) is 10.1 Å². The van der Waals surface area contributed by atoms with Gasteiger partial charge in [0.1, 0.15) is 0 Å². The molecule has 0 bridgehead atoms. The minimum absolute atomic E-state index is 0.0569. The highest BCUT2D eigenvalue weighted by molar-refractivity contribution is 8.01. The lowest BCUT2D eigenvalue weighted by molar-refractivity contribution is -0.119. The van der Waals surface area contributed by atoms with Crippen molar-refractivity contribution >= 4 is 62.6 Å². The van der Waals surface area contributed by atoms with Crippen LogP contribution in [-0.2, 0) is 17.8 Å². The molecule has 0 aliphatic carbocycles. The van der Waals surface area contributed by atoms with Crippen LogP contribution in [0.2, 0.25) is 0 Å². The number of Topliss-reactive ketones (excluding diaryl/α,β-unsaturated/α-hetero) is 1. The Morgan fingerprint density at radius 2 is 2.04 bits per heavy atom. The van der Waals surface area contributed by atoms with Crippen molar-refractivity contribution < 1.29 is 9.59 Å². The monoisotopic (exact) mass is 438 g/mol. The molecular weight excluding hydrogens is 420 g/mol. The van der Waals surface area contributed by atoms with E-state index >= 15 is 0 Å². The summed E-state index contributed by atoms with van der Waals surface area (Å²) in [6.07, 6.45) is 0.956. The molecule has 0 aliphatic rings.